The molecule has 0 radical (unpaired) electrons. The van der Waals surface area contributed by atoms with E-state index in [0.717, 1.165) is 0 Å². The summed E-state index contributed by atoms with van der Waals surface area (Å²) in [4.78, 5) is 9.61. The van der Waals surface area contributed by atoms with Crippen molar-refractivity contribution in [2.24, 2.45) is 0 Å². The van der Waals surface area contributed by atoms with Crippen LogP contribution in [-0.4, -0.2) is 37.1 Å². The van der Waals surface area contributed by atoms with Gasteiger partial charge in [0.1, 0.15) is 12.2 Å². The minimum Gasteiger partial charge on any atom is -0.393 e. The summed E-state index contributed by atoms with van der Waals surface area (Å²) in [6.07, 6.45) is -0.374. The van der Waals surface area contributed by atoms with Gasteiger partial charge in [-0.2, -0.15) is 0 Å². The molecule has 1 saturated heterocycles. The van der Waals surface area contributed by atoms with E-state index in [9.17, 15) is 0 Å². The third kappa shape index (κ3) is 2.22. The van der Waals surface area contributed by atoms with E-state index < -0.39 is 0 Å². The van der Waals surface area contributed by atoms with Crippen LogP contribution in [0.4, 0.5) is 0 Å². The van der Waals surface area contributed by atoms with E-state index in [4.69, 9.17) is 19.6 Å². The summed E-state index contributed by atoms with van der Waals surface area (Å²) in [6, 6.07) is 0. The first-order valence-electron chi connectivity index (χ1n) is 3.33. The van der Waals surface area contributed by atoms with Crippen molar-refractivity contribution >= 4 is 0 Å². The third-order valence-corrected chi connectivity index (χ3v) is 1.22. The lowest BCUT2D eigenvalue weighted by atomic mass is 10.4. The van der Waals surface area contributed by atoms with Gasteiger partial charge in [-0.05, 0) is 6.92 Å². The van der Waals surface area contributed by atoms with Crippen molar-refractivity contribution in [2.45, 2.75) is 19.1 Å². The fraction of sp³-hybridized carbons (Fsp3) is 1.00. The van der Waals surface area contributed by atoms with Gasteiger partial charge in [-0.25, -0.2) is 9.78 Å². The van der Waals surface area contributed by atoms with Crippen LogP contribution in [0.15, 0.2) is 0 Å². The number of hydrogen-bond acceptors (Lipinski definition) is 4. The van der Waals surface area contributed by atoms with Gasteiger partial charge < -0.3 is 9.84 Å². The van der Waals surface area contributed by atoms with Gasteiger partial charge in [0.05, 0.1) is 19.8 Å². The van der Waals surface area contributed by atoms with Crippen LogP contribution in [0, 0.1) is 0 Å². The van der Waals surface area contributed by atoms with Crippen LogP contribution in [0.25, 0.3) is 0 Å². The highest BCUT2D eigenvalue weighted by molar-refractivity contribution is 4.55. The van der Waals surface area contributed by atoms with E-state index in [2.05, 4.69) is 0 Å². The quantitative estimate of drug-likeness (QED) is 0.519. The van der Waals surface area contributed by atoms with Gasteiger partial charge in [-0.3, -0.25) is 0 Å². The Hall–Kier alpha value is -0.160. The van der Waals surface area contributed by atoms with Gasteiger partial charge in [-0.1, -0.05) is 0 Å². The highest BCUT2D eigenvalue weighted by atomic mass is 17.2. The molecule has 0 spiro atoms. The van der Waals surface area contributed by atoms with Crippen molar-refractivity contribution in [3.05, 3.63) is 0 Å². The van der Waals surface area contributed by atoms with Crippen LogP contribution in [0.3, 0.4) is 0 Å². The zero-order chi connectivity index (χ0) is 7.40. The summed E-state index contributed by atoms with van der Waals surface area (Å²) in [5.41, 5.74) is 0. The first-order chi connectivity index (χ1) is 4.83. The molecule has 0 aromatic carbocycles. The second-order valence-electron chi connectivity index (χ2n) is 2.35. The average Bonchev–Trinajstić information content (AvgIpc) is 2.14. The van der Waals surface area contributed by atoms with Gasteiger partial charge in [0, 0.05) is 0 Å². The van der Waals surface area contributed by atoms with Crippen LogP contribution in [-0.2, 0) is 14.5 Å². The smallest absolute Gasteiger partial charge is 0.139 e. The molecule has 60 valence electrons. The number of hydrogen-bond donors (Lipinski definition) is 1. The molecule has 0 saturated carbocycles. The second-order valence-corrected chi connectivity index (χ2v) is 2.35. The first kappa shape index (κ1) is 7.94. The Morgan fingerprint density at radius 2 is 2.20 bits per heavy atom. The molecule has 1 aliphatic heterocycles. The third-order valence-electron chi connectivity index (χ3n) is 1.22. The molecule has 0 amide bonds. The number of ether oxygens (including phenoxy) is 1. The van der Waals surface area contributed by atoms with Crippen molar-refractivity contribution in [1.29, 1.82) is 0 Å². The SMILES string of the molecule is CC1COCC(CO)OO1. The molecule has 0 aromatic heterocycles. The van der Waals surface area contributed by atoms with Gasteiger partial charge in [0.15, 0.2) is 0 Å². The van der Waals surface area contributed by atoms with Gasteiger partial charge in [-0.15, -0.1) is 0 Å². The topological polar surface area (TPSA) is 47.9 Å². The number of aliphatic hydroxyl groups excluding tert-OH is 1. The average molecular weight is 148 g/mol. The molecule has 0 aromatic rings. The fourth-order valence-electron chi connectivity index (χ4n) is 0.678. The van der Waals surface area contributed by atoms with E-state index in [1.165, 1.54) is 0 Å². The summed E-state index contributed by atoms with van der Waals surface area (Å²) in [5, 5.41) is 8.62. The van der Waals surface area contributed by atoms with Crippen LogP contribution in [0.2, 0.25) is 0 Å². The van der Waals surface area contributed by atoms with E-state index in [1.807, 2.05) is 6.92 Å². The lowest BCUT2D eigenvalue weighted by Crippen LogP contribution is -2.21. The maximum atomic E-state index is 8.62. The molecule has 4 nitrogen and oxygen atoms in total. The van der Waals surface area contributed by atoms with Crippen molar-refractivity contribution in [2.75, 3.05) is 19.8 Å². The summed E-state index contributed by atoms with van der Waals surface area (Å²) >= 11 is 0. The van der Waals surface area contributed by atoms with Gasteiger partial charge in [0.25, 0.3) is 0 Å². The van der Waals surface area contributed by atoms with E-state index in [-0.39, 0.29) is 18.8 Å². The molecule has 10 heavy (non-hydrogen) atoms. The van der Waals surface area contributed by atoms with Gasteiger partial charge >= 0.3 is 0 Å². The normalized spacial score (nSPS) is 35.4. The molecule has 2 atom stereocenters. The molecular weight excluding hydrogens is 136 g/mol. The number of aliphatic hydroxyl groups is 1. The molecule has 0 bridgehead atoms. The van der Waals surface area contributed by atoms with Gasteiger partial charge in [0.2, 0.25) is 0 Å². The highest BCUT2D eigenvalue weighted by Gasteiger charge is 2.16. The molecular formula is C6H12O4. The molecule has 1 heterocycles. The Morgan fingerprint density at radius 3 is 2.90 bits per heavy atom. The summed E-state index contributed by atoms with van der Waals surface area (Å²) < 4.78 is 5.10. The lowest BCUT2D eigenvalue weighted by Gasteiger charge is -2.08. The molecule has 1 rings (SSSR count). The Balaban J connectivity index is 2.26. The minimum absolute atomic E-state index is 0.0449. The largest absolute Gasteiger partial charge is 0.393 e. The second kappa shape index (κ2) is 3.88. The van der Waals surface area contributed by atoms with Crippen molar-refractivity contribution in [1.82, 2.24) is 0 Å². The Bertz CT molecular complexity index is 95.7. The maximum Gasteiger partial charge on any atom is 0.139 e. The van der Waals surface area contributed by atoms with Crippen LogP contribution in [0.5, 0.6) is 0 Å². The first-order valence-corrected chi connectivity index (χ1v) is 3.33. The highest BCUT2D eigenvalue weighted by Crippen LogP contribution is 2.04. The van der Waals surface area contributed by atoms with Crippen LogP contribution >= 0.6 is 0 Å². The molecule has 0 aliphatic carbocycles. The standard InChI is InChI=1S/C6H12O4/c1-5-3-8-4-6(2-7)10-9-5/h5-7H,2-4H2,1H3. The minimum atomic E-state index is -0.329. The molecule has 1 N–H and O–H groups in total. The predicted octanol–water partition coefficient (Wildman–Crippen LogP) is -0.286. The lowest BCUT2D eigenvalue weighted by molar-refractivity contribution is -0.340. The Kier molecular flexibility index (Phi) is 3.08. The maximum absolute atomic E-state index is 8.62. The number of rotatable bonds is 1. The van der Waals surface area contributed by atoms with Crippen molar-refractivity contribution < 1.29 is 19.6 Å². The van der Waals surface area contributed by atoms with E-state index in [1.54, 1.807) is 0 Å². The van der Waals surface area contributed by atoms with Crippen LogP contribution < -0.4 is 0 Å². The van der Waals surface area contributed by atoms with E-state index >= 15 is 0 Å². The summed E-state index contributed by atoms with van der Waals surface area (Å²) in [5.74, 6) is 0. The van der Waals surface area contributed by atoms with Crippen LogP contribution in [0.1, 0.15) is 6.92 Å². The molecule has 1 fully saturated rings. The fourth-order valence-corrected chi connectivity index (χ4v) is 0.678. The molecule has 4 heteroatoms. The van der Waals surface area contributed by atoms with Crippen molar-refractivity contribution in [3.63, 3.8) is 0 Å². The Labute approximate surface area is 59.6 Å². The summed E-state index contributed by atoms with van der Waals surface area (Å²) in [7, 11) is 0. The zero-order valence-corrected chi connectivity index (χ0v) is 5.95. The van der Waals surface area contributed by atoms with E-state index in [0.29, 0.717) is 13.2 Å². The molecule has 2 unspecified atom stereocenters. The monoisotopic (exact) mass is 148 g/mol. The van der Waals surface area contributed by atoms with Crippen molar-refractivity contribution in [3.8, 4) is 0 Å². The summed E-state index contributed by atoms with van der Waals surface area (Å²) in [6.45, 7) is 2.71. The predicted molar refractivity (Wildman–Crippen MR) is 33.3 cm³/mol. The Morgan fingerprint density at radius 1 is 1.40 bits per heavy atom. The molecule has 1 aliphatic rings. The zero-order valence-electron chi connectivity index (χ0n) is 5.95.